The van der Waals surface area contributed by atoms with E-state index in [4.69, 9.17) is 4.98 Å². The summed E-state index contributed by atoms with van der Waals surface area (Å²) >= 11 is 1.58. The molecule has 1 unspecified atom stereocenters. The SMILES string of the molecule is CSc1nccc(N2CCN(C)C3(CCC(=O)N(CC4CC4)CC3)C2)n1. The minimum absolute atomic E-state index is 0.0662. The summed E-state index contributed by atoms with van der Waals surface area (Å²) in [6.45, 7) is 4.80. The highest BCUT2D eigenvalue weighted by atomic mass is 32.2. The Morgan fingerprint density at radius 2 is 2.12 bits per heavy atom. The normalized spacial score (nSPS) is 27.8. The average molecular weight is 376 g/mol. The fourth-order valence-corrected chi connectivity index (χ4v) is 4.65. The van der Waals surface area contributed by atoms with Crippen LogP contribution in [0.25, 0.3) is 0 Å². The molecular weight excluding hydrogens is 346 g/mol. The molecule has 0 radical (unpaired) electrons. The Hall–Kier alpha value is -1.34. The van der Waals surface area contributed by atoms with E-state index >= 15 is 0 Å². The summed E-state index contributed by atoms with van der Waals surface area (Å²) in [6, 6.07) is 2.01. The molecule has 3 aliphatic rings. The van der Waals surface area contributed by atoms with Crippen LogP contribution in [0.1, 0.15) is 32.1 Å². The van der Waals surface area contributed by atoms with Gasteiger partial charge in [-0.1, -0.05) is 11.8 Å². The van der Waals surface area contributed by atoms with Gasteiger partial charge in [0.15, 0.2) is 5.16 Å². The molecule has 6 nitrogen and oxygen atoms in total. The number of nitrogens with zero attached hydrogens (tertiary/aromatic N) is 5. The van der Waals surface area contributed by atoms with Crippen LogP contribution in [0.2, 0.25) is 0 Å². The zero-order valence-electron chi connectivity index (χ0n) is 15.9. The average Bonchev–Trinajstić information content (AvgIpc) is 3.50. The van der Waals surface area contributed by atoms with Crippen molar-refractivity contribution < 1.29 is 4.79 Å². The number of thioether (sulfide) groups is 1. The van der Waals surface area contributed by atoms with Gasteiger partial charge in [-0.05, 0) is 51.0 Å². The highest BCUT2D eigenvalue weighted by molar-refractivity contribution is 7.98. The number of amides is 1. The van der Waals surface area contributed by atoms with Gasteiger partial charge in [0.1, 0.15) is 5.82 Å². The number of hydrogen-bond acceptors (Lipinski definition) is 6. The fraction of sp³-hybridized carbons (Fsp3) is 0.737. The van der Waals surface area contributed by atoms with Gasteiger partial charge >= 0.3 is 0 Å². The van der Waals surface area contributed by atoms with Gasteiger partial charge < -0.3 is 9.80 Å². The smallest absolute Gasteiger partial charge is 0.222 e. The summed E-state index contributed by atoms with van der Waals surface area (Å²) in [5.41, 5.74) is 0.0662. The van der Waals surface area contributed by atoms with Crippen LogP contribution in [0.15, 0.2) is 17.4 Å². The van der Waals surface area contributed by atoms with Crippen molar-refractivity contribution in [2.45, 2.75) is 42.8 Å². The van der Waals surface area contributed by atoms with E-state index in [1.54, 1.807) is 11.8 Å². The monoisotopic (exact) mass is 375 g/mol. The summed E-state index contributed by atoms with van der Waals surface area (Å²) in [5, 5.41) is 0.821. The fourth-order valence-electron chi connectivity index (χ4n) is 4.30. The number of carbonyl (C=O) groups is 1. The number of aromatic nitrogens is 2. The molecule has 3 fully saturated rings. The molecule has 2 saturated heterocycles. The first-order chi connectivity index (χ1) is 12.6. The van der Waals surface area contributed by atoms with Gasteiger partial charge in [-0.2, -0.15) is 0 Å². The van der Waals surface area contributed by atoms with Crippen molar-refractivity contribution in [3.05, 3.63) is 12.3 Å². The lowest BCUT2D eigenvalue weighted by Gasteiger charge is -2.49. The number of anilines is 1. The van der Waals surface area contributed by atoms with E-state index in [1.807, 2.05) is 18.5 Å². The highest BCUT2D eigenvalue weighted by Gasteiger charge is 2.43. The Morgan fingerprint density at radius 1 is 1.27 bits per heavy atom. The number of likely N-dealkylation sites (tertiary alicyclic amines) is 1. The summed E-state index contributed by atoms with van der Waals surface area (Å²) in [5.74, 6) is 2.13. The molecule has 0 aromatic carbocycles. The van der Waals surface area contributed by atoms with Crippen LogP contribution in [0.3, 0.4) is 0 Å². The van der Waals surface area contributed by atoms with Crippen LogP contribution < -0.4 is 4.90 Å². The van der Waals surface area contributed by atoms with Crippen molar-refractivity contribution in [1.82, 2.24) is 19.8 Å². The molecule has 1 amide bonds. The van der Waals surface area contributed by atoms with Crippen LogP contribution in [-0.2, 0) is 4.79 Å². The van der Waals surface area contributed by atoms with E-state index in [-0.39, 0.29) is 5.54 Å². The zero-order chi connectivity index (χ0) is 18.1. The maximum Gasteiger partial charge on any atom is 0.222 e. The summed E-state index contributed by atoms with van der Waals surface area (Å²) < 4.78 is 0. The summed E-state index contributed by atoms with van der Waals surface area (Å²) in [4.78, 5) is 28.6. The Bertz CT molecular complexity index is 667. The summed E-state index contributed by atoms with van der Waals surface area (Å²) in [7, 11) is 2.23. The molecule has 1 aromatic rings. The van der Waals surface area contributed by atoms with Crippen LogP contribution in [0.5, 0.6) is 0 Å². The molecule has 3 heterocycles. The second kappa shape index (κ2) is 7.35. The molecule has 26 heavy (non-hydrogen) atoms. The van der Waals surface area contributed by atoms with Crippen LogP contribution in [0.4, 0.5) is 5.82 Å². The maximum atomic E-state index is 12.6. The van der Waals surface area contributed by atoms with E-state index in [2.05, 4.69) is 26.7 Å². The molecule has 2 aliphatic heterocycles. The largest absolute Gasteiger partial charge is 0.353 e. The molecule has 1 spiro atoms. The van der Waals surface area contributed by atoms with E-state index in [1.165, 1.54) is 12.8 Å². The van der Waals surface area contributed by atoms with Crippen molar-refractivity contribution in [2.75, 3.05) is 50.9 Å². The standard InChI is InChI=1S/C19H29N5OS/c1-22-11-12-24(16-6-9-20-18(21-16)26-2)14-19(22)7-5-17(25)23(10-8-19)13-15-3-4-15/h6,9,15H,3-5,7-8,10-14H2,1-2H3. The minimum atomic E-state index is 0.0662. The van der Waals surface area contributed by atoms with Crippen molar-refractivity contribution in [3.8, 4) is 0 Å². The number of piperazine rings is 1. The maximum absolute atomic E-state index is 12.6. The van der Waals surface area contributed by atoms with Crippen LogP contribution >= 0.6 is 11.8 Å². The van der Waals surface area contributed by atoms with E-state index in [0.717, 1.165) is 62.5 Å². The van der Waals surface area contributed by atoms with E-state index < -0.39 is 0 Å². The molecule has 1 aromatic heterocycles. The van der Waals surface area contributed by atoms with Crippen LogP contribution in [0, 0.1) is 5.92 Å². The number of carbonyl (C=O) groups excluding carboxylic acids is 1. The molecule has 0 N–H and O–H groups in total. The molecule has 0 bridgehead atoms. The lowest BCUT2D eigenvalue weighted by atomic mass is 9.86. The molecule has 7 heteroatoms. The zero-order valence-corrected chi connectivity index (χ0v) is 16.7. The third-order valence-electron chi connectivity index (χ3n) is 6.31. The molecule has 142 valence electrons. The van der Waals surface area contributed by atoms with Gasteiger partial charge in [-0.15, -0.1) is 0 Å². The Labute approximate surface area is 160 Å². The second-order valence-corrected chi connectivity index (χ2v) is 8.78. The Balaban J connectivity index is 1.50. The van der Waals surface area contributed by atoms with Gasteiger partial charge in [-0.3, -0.25) is 9.69 Å². The topological polar surface area (TPSA) is 52.6 Å². The minimum Gasteiger partial charge on any atom is -0.353 e. The van der Waals surface area contributed by atoms with E-state index in [9.17, 15) is 4.79 Å². The first-order valence-corrected chi connectivity index (χ1v) is 10.9. The third-order valence-corrected chi connectivity index (χ3v) is 6.87. The molecule has 1 aliphatic carbocycles. The van der Waals surface area contributed by atoms with E-state index in [0.29, 0.717) is 12.3 Å². The number of likely N-dealkylation sites (N-methyl/N-ethyl adjacent to an activating group) is 1. The van der Waals surface area contributed by atoms with Crippen molar-refractivity contribution >= 4 is 23.5 Å². The Kier molecular flexibility index (Phi) is 5.10. The predicted molar refractivity (Wildman–Crippen MR) is 105 cm³/mol. The summed E-state index contributed by atoms with van der Waals surface area (Å²) in [6.07, 6.45) is 9.13. The Morgan fingerprint density at radius 3 is 2.88 bits per heavy atom. The first kappa shape index (κ1) is 18.0. The van der Waals surface area contributed by atoms with Crippen molar-refractivity contribution in [2.24, 2.45) is 5.92 Å². The lowest BCUT2D eigenvalue weighted by molar-refractivity contribution is -0.130. The van der Waals surface area contributed by atoms with Gasteiger partial charge in [0, 0.05) is 50.9 Å². The van der Waals surface area contributed by atoms with Gasteiger partial charge in [0.2, 0.25) is 5.91 Å². The van der Waals surface area contributed by atoms with Gasteiger partial charge in [0.05, 0.1) is 0 Å². The lowest BCUT2D eigenvalue weighted by Crippen LogP contribution is -2.61. The van der Waals surface area contributed by atoms with Gasteiger partial charge in [-0.25, -0.2) is 9.97 Å². The van der Waals surface area contributed by atoms with Crippen molar-refractivity contribution in [1.29, 1.82) is 0 Å². The molecule has 1 saturated carbocycles. The van der Waals surface area contributed by atoms with Gasteiger partial charge in [0.25, 0.3) is 0 Å². The first-order valence-electron chi connectivity index (χ1n) is 9.71. The van der Waals surface area contributed by atoms with Crippen molar-refractivity contribution in [3.63, 3.8) is 0 Å². The molecule has 4 rings (SSSR count). The van der Waals surface area contributed by atoms with Crippen LogP contribution in [-0.4, -0.2) is 77.2 Å². The second-order valence-electron chi connectivity index (χ2n) is 8.00. The molecule has 1 atom stereocenters. The molecular formula is C19H29N5OS. The third kappa shape index (κ3) is 3.69. The number of hydrogen-bond donors (Lipinski definition) is 0. The predicted octanol–water partition coefficient (Wildman–Crippen LogP) is 2.11. The highest BCUT2D eigenvalue weighted by Crippen LogP contribution is 2.36. The number of rotatable bonds is 4. The quantitative estimate of drug-likeness (QED) is 0.593.